The van der Waals surface area contributed by atoms with Crippen molar-refractivity contribution in [2.75, 3.05) is 13.2 Å². The fourth-order valence-corrected chi connectivity index (χ4v) is 2.40. The second-order valence-electron chi connectivity index (χ2n) is 5.92. The van der Waals surface area contributed by atoms with Crippen LogP contribution < -0.4 is 20.6 Å². The Bertz CT molecular complexity index is 1170. The number of halogens is 6. The molecule has 0 amide bonds. The van der Waals surface area contributed by atoms with E-state index in [1.807, 2.05) is 0 Å². The molecule has 0 fully saturated rings. The molecule has 2 aromatic heterocycles. The summed E-state index contributed by atoms with van der Waals surface area (Å²) in [5, 5.41) is -0.119. The number of nitrogens with one attached hydrogen (secondary N) is 1. The first kappa shape index (κ1) is 21.2. The molecular weight excluding hydrogens is 424 g/mol. The highest BCUT2D eigenvalue weighted by molar-refractivity contribution is 5.74. The van der Waals surface area contributed by atoms with Gasteiger partial charge in [-0.15, -0.1) is 0 Å². The number of aromatic nitrogens is 3. The van der Waals surface area contributed by atoms with Gasteiger partial charge in [0.15, 0.2) is 18.9 Å². The van der Waals surface area contributed by atoms with Gasteiger partial charge in [0.05, 0.1) is 11.1 Å². The standard InChI is InChI=1S/C17H11F6N3O4/c18-16(19,20)7-29-10-3-1-9(2-4-10)26-14(28)11-5-6-12(27)24-13(11)25-15(26)30-8-17(21,22)23/h1-6H,7-8H2,(H,24,27). The Morgan fingerprint density at radius 1 is 0.867 bits per heavy atom. The van der Waals surface area contributed by atoms with Gasteiger partial charge in [0, 0.05) is 6.07 Å². The molecule has 3 rings (SSSR count). The number of nitrogens with zero attached hydrogens (tertiary/aromatic N) is 2. The summed E-state index contributed by atoms with van der Waals surface area (Å²) in [5.41, 5.74) is -1.83. The van der Waals surface area contributed by atoms with Gasteiger partial charge in [-0.2, -0.15) is 31.3 Å². The van der Waals surface area contributed by atoms with Crippen LogP contribution in [0.5, 0.6) is 11.8 Å². The van der Waals surface area contributed by atoms with Gasteiger partial charge in [-0.25, -0.2) is 4.57 Å². The van der Waals surface area contributed by atoms with E-state index >= 15 is 0 Å². The maximum atomic E-state index is 12.8. The molecular formula is C17H11F6N3O4. The Kier molecular flexibility index (Phi) is 5.46. The molecule has 0 atom stereocenters. The highest BCUT2D eigenvalue weighted by Crippen LogP contribution is 2.23. The quantitative estimate of drug-likeness (QED) is 0.623. The average molecular weight is 435 g/mol. The monoisotopic (exact) mass is 435 g/mol. The third-order valence-electron chi connectivity index (χ3n) is 3.59. The molecule has 0 unspecified atom stereocenters. The van der Waals surface area contributed by atoms with Crippen molar-refractivity contribution in [1.29, 1.82) is 0 Å². The van der Waals surface area contributed by atoms with Crippen LogP contribution in [0.3, 0.4) is 0 Å². The van der Waals surface area contributed by atoms with E-state index in [2.05, 4.69) is 19.4 Å². The Morgan fingerprint density at radius 3 is 2.07 bits per heavy atom. The van der Waals surface area contributed by atoms with Gasteiger partial charge in [-0.1, -0.05) is 0 Å². The number of alkyl halides is 6. The van der Waals surface area contributed by atoms with Crippen molar-refractivity contribution in [2.24, 2.45) is 0 Å². The minimum atomic E-state index is -4.74. The molecule has 0 spiro atoms. The number of aromatic amines is 1. The van der Waals surface area contributed by atoms with Gasteiger partial charge in [0.2, 0.25) is 5.56 Å². The third kappa shape index (κ3) is 5.10. The van der Waals surface area contributed by atoms with Crippen LogP contribution in [-0.4, -0.2) is 40.1 Å². The number of pyridine rings is 1. The van der Waals surface area contributed by atoms with Crippen LogP contribution in [-0.2, 0) is 0 Å². The van der Waals surface area contributed by atoms with E-state index in [-0.39, 0.29) is 22.5 Å². The molecule has 2 heterocycles. The number of fused-ring (bicyclic) bond motifs is 1. The number of rotatable bonds is 5. The molecule has 7 nitrogen and oxygen atoms in total. The van der Waals surface area contributed by atoms with Gasteiger partial charge in [0.1, 0.15) is 5.75 Å². The highest BCUT2D eigenvalue weighted by atomic mass is 19.4. The normalized spacial score (nSPS) is 12.2. The number of H-pyrrole nitrogens is 1. The van der Waals surface area contributed by atoms with Crippen molar-refractivity contribution in [3.63, 3.8) is 0 Å². The highest BCUT2D eigenvalue weighted by Gasteiger charge is 2.30. The molecule has 0 radical (unpaired) electrons. The molecule has 3 aromatic rings. The van der Waals surface area contributed by atoms with Crippen LogP contribution in [0.2, 0.25) is 0 Å². The number of ether oxygens (including phenoxy) is 2. The zero-order chi connectivity index (χ0) is 22.1. The van der Waals surface area contributed by atoms with Gasteiger partial charge in [-0.3, -0.25) is 9.59 Å². The summed E-state index contributed by atoms with van der Waals surface area (Å²) in [6.45, 7) is -3.31. The lowest BCUT2D eigenvalue weighted by Crippen LogP contribution is -2.27. The van der Waals surface area contributed by atoms with E-state index in [0.717, 1.165) is 36.4 Å². The van der Waals surface area contributed by atoms with Gasteiger partial charge in [-0.05, 0) is 30.3 Å². The molecule has 0 aliphatic carbocycles. The summed E-state index contributed by atoms with van der Waals surface area (Å²) >= 11 is 0. The lowest BCUT2D eigenvalue weighted by molar-refractivity contribution is -0.155. The Labute approximate surface area is 162 Å². The van der Waals surface area contributed by atoms with Crippen LogP contribution in [0.4, 0.5) is 26.3 Å². The van der Waals surface area contributed by atoms with Crippen LogP contribution in [0.25, 0.3) is 16.7 Å². The van der Waals surface area contributed by atoms with Gasteiger partial charge in [0.25, 0.3) is 5.56 Å². The van der Waals surface area contributed by atoms with E-state index < -0.39 is 42.7 Å². The van der Waals surface area contributed by atoms with Crippen molar-refractivity contribution in [3.8, 4) is 17.4 Å². The van der Waals surface area contributed by atoms with E-state index in [4.69, 9.17) is 0 Å². The largest absolute Gasteiger partial charge is 0.484 e. The number of hydrogen-bond donors (Lipinski definition) is 1. The molecule has 0 bridgehead atoms. The van der Waals surface area contributed by atoms with E-state index in [1.165, 1.54) is 0 Å². The summed E-state index contributed by atoms with van der Waals surface area (Å²) in [4.78, 5) is 30.2. The maximum absolute atomic E-state index is 12.8. The van der Waals surface area contributed by atoms with Crippen LogP contribution in [0, 0.1) is 0 Å². The van der Waals surface area contributed by atoms with Crippen LogP contribution >= 0.6 is 0 Å². The van der Waals surface area contributed by atoms with Crippen LogP contribution in [0.15, 0.2) is 46.0 Å². The predicted molar refractivity (Wildman–Crippen MR) is 91.1 cm³/mol. The summed E-state index contributed by atoms with van der Waals surface area (Å²) in [5.74, 6) is -0.181. The zero-order valence-electron chi connectivity index (χ0n) is 14.7. The Morgan fingerprint density at radius 2 is 1.47 bits per heavy atom. The SMILES string of the molecule is O=c1ccc2c(=O)n(-c3ccc(OCC(F)(F)F)cc3)c(OCC(F)(F)F)nc2[nH]1. The molecule has 1 aromatic carbocycles. The Balaban J connectivity index is 2.06. The average Bonchev–Trinajstić information content (AvgIpc) is 2.64. The molecule has 0 aliphatic rings. The molecule has 160 valence electrons. The minimum Gasteiger partial charge on any atom is -0.484 e. The van der Waals surface area contributed by atoms with Crippen molar-refractivity contribution in [1.82, 2.24) is 14.5 Å². The van der Waals surface area contributed by atoms with Gasteiger partial charge < -0.3 is 14.5 Å². The number of hydrogen-bond acceptors (Lipinski definition) is 5. The topological polar surface area (TPSA) is 86.2 Å². The van der Waals surface area contributed by atoms with Gasteiger partial charge >= 0.3 is 18.4 Å². The van der Waals surface area contributed by atoms with Crippen molar-refractivity contribution in [3.05, 3.63) is 57.1 Å². The molecule has 13 heteroatoms. The first-order valence-electron chi connectivity index (χ1n) is 8.08. The third-order valence-corrected chi connectivity index (χ3v) is 3.59. The van der Waals surface area contributed by atoms with Crippen LogP contribution in [0.1, 0.15) is 0 Å². The molecule has 0 saturated heterocycles. The lowest BCUT2D eigenvalue weighted by atomic mass is 10.2. The van der Waals surface area contributed by atoms with Crippen molar-refractivity contribution in [2.45, 2.75) is 12.4 Å². The summed E-state index contributed by atoms with van der Waals surface area (Å²) in [6.07, 6.45) is -9.30. The first-order chi connectivity index (χ1) is 13.9. The smallest absolute Gasteiger partial charge is 0.422 e. The fourth-order valence-electron chi connectivity index (χ4n) is 2.40. The molecule has 0 saturated carbocycles. The van der Waals surface area contributed by atoms with E-state index in [1.54, 1.807) is 0 Å². The van der Waals surface area contributed by atoms with Crippen molar-refractivity contribution >= 4 is 11.0 Å². The summed E-state index contributed by atoms with van der Waals surface area (Å²) in [7, 11) is 0. The van der Waals surface area contributed by atoms with E-state index in [9.17, 15) is 35.9 Å². The second-order valence-corrected chi connectivity index (χ2v) is 5.92. The lowest BCUT2D eigenvalue weighted by Gasteiger charge is -2.15. The van der Waals surface area contributed by atoms with Crippen molar-refractivity contribution < 1.29 is 35.8 Å². The summed E-state index contributed by atoms with van der Waals surface area (Å²) < 4.78 is 84.3. The van der Waals surface area contributed by atoms with E-state index in [0.29, 0.717) is 4.57 Å². The molecule has 0 aliphatic heterocycles. The summed E-state index contributed by atoms with van der Waals surface area (Å²) in [6, 6.07) is 5.88. The molecule has 30 heavy (non-hydrogen) atoms. The Hall–Kier alpha value is -3.51. The molecule has 1 N–H and O–H groups in total. The number of benzene rings is 1. The first-order valence-corrected chi connectivity index (χ1v) is 8.08. The second kappa shape index (κ2) is 7.72. The fraction of sp³-hybridized carbons (Fsp3) is 0.235. The predicted octanol–water partition coefficient (Wildman–Crippen LogP) is 2.96. The maximum Gasteiger partial charge on any atom is 0.422 e. The zero-order valence-corrected chi connectivity index (χ0v) is 14.7. The minimum absolute atomic E-state index is 0.0443.